The molecule has 2 aromatic carbocycles. The quantitative estimate of drug-likeness (QED) is 0.910. The van der Waals surface area contributed by atoms with Gasteiger partial charge in [0.15, 0.2) is 0 Å². The lowest BCUT2D eigenvalue weighted by Crippen LogP contribution is -2.12. The van der Waals surface area contributed by atoms with Crippen molar-refractivity contribution in [3.8, 4) is 5.75 Å². The summed E-state index contributed by atoms with van der Waals surface area (Å²) in [5.41, 5.74) is 6.62. The van der Waals surface area contributed by atoms with Gasteiger partial charge in [-0.25, -0.2) is 0 Å². The highest BCUT2D eigenvalue weighted by Crippen LogP contribution is 2.32. The molecule has 2 nitrogen and oxygen atoms in total. The predicted octanol–water partition coefficient (Wildman–Crippen LogP) is 4.42. The molecule has 0 aliphatic heterocycles. The first-order chi connectivity index (χ1) is 9.82. The van der Waals surface area contributed by atoms with Gasteiger partial charge in [-0.3, -0.25) is 0 Å². The van der Waals surface area contributed by atoms with E-state index in [4.69, 9.17) is 22.1 Å². The van der Waals surface area contributed by atoms with Gasteiger partial charge >= 0.3 is 6.18 Å². The number of hydrogen-bond acceptors (Lipinski definition) is 2. The SMILES string of the molecule is COc1ccc(C(N)c2ccc(C(F)(F)F)cc2)cc1Cl. The van der Waals surface area contributed by atoms with E-state index in [1.54, 1.807) is 18.2 Å². The predicted molar refractivity (Wildman–Crippen MR) is 75.5 cm³/mol. The molecule has 1 unspecified atom stereocenters. The zero-order chi connectivity index (χ0) is 15.6. The third-order valence-corrected chi connectivity index (χ3v) is 3.43. The van der Waals surface area contributed by atoms with Gasteiger partial charge in [0.2, 0.25) is 0 Å². The summed E-state index contributed by atoms with van der Waals surface area (Å²) in [6.45, 7) is 0. The van der Waals surface area contributed by atoms with Crippen LogP contribution < -0.4 is 10.5 Å². The molecule has 2 aromatic rings. The standard InChI is InChI=1S/C15H13ClF3NO/c1-21-13-7-4-10(8-12(13)16)14(20)9-2-5-11(6-3-9)15(17,18)19/h2-8,14H,20H2,1H3. The van der Waals surface area contributed by atoms with Crippen molar-refractivity contribution in [2.24, 2.45) is 5.73 Å². The van der Waals surface area contributed by atoms with Crippen LogP contribution in [0, 0.1) is 0 Å². The Morgan fingerprint density at radius 3 is 2.10 bits per heavy atom. The van der Waals surface area contributed by atoms with E-state index in [1.807, 2.05) is 0 Å². The van der Waals surface area contributed by atoms with Crippen molar-refractivity contribution < 1.29 is 17.9 Å². The summed E-state index contributed by atoms with van der Waals surface area (Å²) in [4.78, 5) is 0. The number of ether oxygens (including phenoxy) is 1. The van der Waals surface area contributed by atoms with E-state index in [-0.39, 0.29) is 0 Å². The number of halogens is 4. The molecule has 0 saturated heterocycles. The van der Waals surface area contributed by atoms with Crippen molar-refractivity contribution in [2.45, 2.75) is 12.2 Å². The van der Waals surface area contributed by atoms with E-state index in [9.17, 15) is 13.2 Å². The molecule has 0 aliphatic rings. The number of benzene rings is 2. The second-order valence-electron chi connectivity index (χ2n) is 4.49. The third kappa shape index (κ3) is 3.49. The topological polar surface area (TPSA) is 35.2 Å². The van der Waals surface area contributed by atoms with E-state index in [1.165, 1.54) is 19.2 Å². The van der Waals surface area contributed by atoms with Crippen molar-refractivity contribution in [1.82, 2.24) is 0 Å². The van der Waals surface area contributed by atoms with Crippen molar-refractivity contribution in [1.29, 1.82) is 0 Å². The fraction of sp³-hybridized carbons (Fsp3) is 0.200. The van der Waals surface area contributed by atoms with Crippen LogP contribution in [0.2, 0.25) is 5.02 Å². The van der Waals surface area contributed by atoms with Gasteiger partial charge in [0.05, 0.1) is 23.7 Å². The average Bonchev–Trinajstić information content (AvgIpc) is 2.45. The van der Waals surface area contributed by atoms with Crippen molar-refractivity contribution in [2.75, 3.05) is 7.11 Å². The molecule has 1 atom stereocenters. The molecular weight excluding hydrogens is 303 g/mol. The summed E-state index contributed by atoms with van der Waals surface area (Å²) >= 11 is 6.02. The third-order valence-electron chi connectivity index (χ3n) is 3.13. The molecule has 0 saturated carbocycles. The number of hydrogen-bond donors (Lipinski definition) is 1. The summed E-state index contributed by atoms with van der Waals surface area (Å²) in [5.74, 6) is 0.514. The fourth-order valence-electron chi connectivity index (χ4n) is 1.95. The van der Waals surface area contributed by atoms with Crippen LogP contribution in [0.25, 0.3) is 0 Å². The minimum Gasteiger partial charge on any atom is -0.495 e. The molecule has 0 heterocycles. The van der Waals surface area contributed by atoms with E-state index in [0.717, 1.165) is 12.1 Å². The Bertz CT molecular complexity index is 626. The molecule has 0 spiro atoms. The molecule has 0 aliphatic carbocycles. The Morgan fingerprint density at radius 2 is 1.62 bits per heavy atom. The Balaban J connectivity index is 2.27. The molecule has 2 rings (SSSR count). The molecule has 6 heteroatoms. The number of alkyl halides is 3. The first-order valence-electron chi connectivity index (χ1n) is 6.09. The zero-order valence-electron chi connectivity index (χ0n) is 11.1. The number of nitrogens with two attached hydrogens (primary N) is 1. The molecule has 0 fully saturated rings. The lowest BCUT2D eigenvalue weighted by atomic mass is 9.98. The molecule has 2 N–H and O–H groups in total. The second kappa shape index (κ2) is 5.95. The Kier molecular flexibility index (Phi) is 4.44. The highest BCUT2D eigenvalue weighted by Gasteiger charge is 2.30. The van der Waals surface area contributed by atoms with Crippen LogP contribution in [0.4, 0.5) is 13.2 Å². The molecule has 0 aromatic heterocycles. The van der Waals surface area contributed by atoms with E-state index in [0.29, 0.717) is 21.9 Å². The largest absolute Gasteiger partial charge is 0.495 e. The molecule has 0 radical (unpaired) electrons. The summed E-state index contributed by atoms with van der Waals surface area (Å²) in [5, 5.41) is 0.400. The zero-order valence-corrected chi connectivity index (χ0v) is 11.9. The summed E-state index contributed by atoms with van der Waals surface area (Å²) < 4.78 is 42.6. The monoisotopic (exact) mass is 315 g/mol. The van der Waals surface area contributed by atoms with Crippen molar-refractivity contribution in [3.05, 3.63) is 64.2 Å². The molecule has 0 bridgehead atoms. The summed E-state index contributed by atoms with van der Waals surface area (Å²) in [6.07, 6.45) is -4.36. The maximum Gasteiger partial charge on any atom is 0.416 e. The summed E-state index contributed by atoms with van der Waals surface area (Å²) in [6, 6.07) is 9.24. The normalized spacial score (nSPS) is 13.0. The Labute approximate surface area is 125 Å². The lowest BCUT2D eigenvalue weighted by molar-refractivity contribution is -0.137. The minimum absolute atomic E-state index is 0.400. The van der Waals surface area contributed by atoms with Crippen LogP contribution in [0.3, 0.4) is 0 Å². The number of methoxy groups -OCH3 is 1. The summed E-state index contributed by atoms with van der Waals surface area (Å²) in [7, 11) is 1.50. The highest BCUT2D eigenvalue weighted by molar-refractivity contribution is 6.32. The van der Waals surface area contributed by atoms with Gasteiger partial charge in [0.1, 0.15) is 5.75 Å². The van der Waals surface area contributed by atoms with E-state index >= 15 is 0 Å². The smallest absolute Gasteiger partial charge is 0.416 e. The van der Waals surface area contributed by atoms with Crippen molar-refractivity contribution >= 4 is 11.6 Å². The van der Waals surface area contributed by atoms with E-state index in [2.05, 4.69) is 0 Å². The van der Waals surface area contributed by atoms with Gasteiger partial charge in [-0.2, -0.15) is 13.2 Å². The van der Waals surface area contributed by atoms with Crippen LogP contribution in [0.15, 0.2) is 42.5 Å². The van der Waals surface area contributed by atoms with Gasteiger partial charge in [0.25, 0.3) is 0 Å². The Hall–Kier alpha value is -1.72. The van der Waals surface area contributed by atoms with Gasteiger partial charge < -0.3 is 10.5 Å². The molecule has 21 heavy (non-hydrogen) atoms. The maximum atomic E-state index is 12.5. The van der Waals surface area contributed by atoms with Gasteiger partial charge in [-0.15, -0.1) is 0 Å². The van der Waals surface area contributed by atoms with Crippen molar-refractivity contribution in [3.63, 3.8) is 0 Å². The van der Waals surface area contributed by atoms with Crippen LogP contribution in [-0.2, 0) is 6.18 Å². The maximum absolute atomic E-state index is 12.5. The minimum atomic E-state index is -4.36. The first kappa shape index (κ1) is 15.7. The highest BCUT2D eigenvalue weighted by atomic mass is 35.5. The lowest BCUT2D eigenvalue weighted by Gasteiger charge is -2.15. The molecule has 112 valence electrons. The van der Waals surface area contributed by atoms with Crippen LogP contribution in [0.5, 0.6) is 5.75 Å². The second-order valence-corrected chi connectivity index (χ2v) is 4.90. The molecular formula is C15H13ClF3NO. The number of rotatable bonds is 3. The van der Waals surface area contributed by atoms with Crippen LogP contribution >= 0.6 is 11.6 Å². The van der Waals surface area contributed by atoms with Crippen LogP contribution in [0.1, 0.15) is 22.7 Å². The molecule has 0 amide bonds. The Morgan fingerprint density at radius 1 is 1.05 bits per heavy atom. The van der Waals surface area contributed by atoms with Gasteiger partial charge in [-0.05, 0) is 35.4 Å². The van der Waals surface area contributed by atoms with E-state index < -0.39 is 17.8 Å². The average molecular weight is 316 g/mol. The fourth-order valence-corrected chi connectivity index (χ4v) is 2.21. The van der Waals surface area contributed by atoms with Gasteiger partial charge in [0, 0.05) is 0 Å². The van der Waals surface area contributed by atoms with Crippen LogP contribution in [-0.4, -0.2) is 7.11 Å². The van der Waals surface area contributed by atoms with Gasteiger partial charge in [-0.1, -0.05) is 29.8 Å². The first-order valence-corrected chi connectivity index (χ1v) is 6.47.